The molecule has 0 spiro atoms. The van der Waals surface area contributed by atoms with Crippen LogP contribution in [0.1, 0.15) is 28.9 Å². The third kappa shape index (κ3) is 4.12. The number of fused-ring (bicyclic) bond motifs is 1. The second-order valence-corrected chi connectivity index (χ2v) is 5.71. The molecule has 3 rings (SSSR count). The summed E-state index contributed by atoms with van der Waals surface area (Å²) in [5, 5.41) is 4.92. The van der Waals surface area contributed by atoms with Crippen LogP contribution in [-0.2, 0) is 0 Å². The minimum Gasteiger partial charge on any atom is -0.435 e. The third-order valence-corrected chi connectivity index (χ3v) is 3.94. The summed E-state index contributed by atoms with van der Waals surface area (Å²) in [6, 6.07) is 19.2. The zero-order valence-electron chi connectivity index (χ0n) is 13.6. The summed E-state index contributed by atoms with van der Waals surface area (Å²) >= 11 is 0. The fourth-order valence-corrected chi connectivity index (χ4v) is 2.65. The number of halogens is 2. The highest BCUT2D eigenvalue weighted by molar-refractivity contribution is 5.98. The highest BCUT2D eigenvalue weighted by Crippen LogP contribution is 2.21. The number of benzene rings is 3. The second kappa shape index (κ2) is 7.30. The summed E-state index contributed by atoms with van der Waals surface area (Å²) in [5.74, 6) is -0.155. The molecule has 3 nitrogen and oxygen atoms in total. The number of carbonyl (C=O) groups excluding carboxylic acids is 1. The smallest absolute Gasteiger partial charge is 0.387 e. The van der Waals surface area contributed by atoms with E-state index in [0.717, 1.165) is 10.8 Å². The van der Waals surface area contributed by atoms with Crippen molar-refractivity contribution in [1.29, 1.82) is 0 Å². The van der Waals surface area contributed by atoms with Crippen molar-refractivity contribution in [3.63, 3.8) is 0 Å². The van der Waals surface area contributed by atoms with Gasteiger partial charge in [-0.1, -0.05) is 42.5 Å². The van der Waals surface area contributed by atoms with Crippen LogP contribution in [0.3, 0.4) is 0 Å². The van der Waals surface area contributed by atoms with Crippen LogP contribution >= 0.6 is 0 Å². The second-order valence-electron chi connectivity index (χ2n) is 5.71. The third-order valence-electron chi connectivity index (χ3n) is 3.94. The van der Waals surface area contributed by atoms with Gasteiger partial charge in [-0.3, -0.25) is 4.79 Å². The van der Waals surface area contributed by atoms with E-state index in [4.69, 9.17) is 0 Å². The van der Waals surface area contributed by atoms with Gasteiger partial charge in [-0.25, -0.2) is 0 Å². The fraction of sp³-hybridized carbons (Fsp3) is 0.150. The molecule has 0 bridgehead atoms. The molecule has 0 saturated carbocycles. The minimum atomic E-state index is -2.88. The van der Waals surface area contributed by atoms with Gasteiger partial charge in [-0.2, -0.15) is 8.78 Å². The molecule has 0 saturated heterocycles. The van der Waals surface area contributed by atoms with E-state index in [1.165, 1.54) is 12.1 Å². The first-order valence-electron chi connectivity index (χ1n) is 7.87. The quantitative estimate of drug-likeness (QED) is 0.714. The van der Waals surface area contributed by atoms with Crippen LogP contribution in [0.15, 0.2) is 66.7 Å². The van der Waals surface area contributed by atoms with Crippen LogP contribution in [0.2, 0.25) is 0 Å². The van der Waals surface area contributed by atoms with Crippen LogP contribution in [0.4, 0.5) is 8.78 Å². The van der Waals surface area contributed by atoms with Gasteiger partial charge >= 0.3 is 6.61 Å². The van der Waals surface area contributed by atoms with Crippen molar-refractivity contribution in [3.8, 4) is 5.75 Å². The van der Waals surface area contributed by atoms with Crippen molar-refractivity contribution < 1.29 is 18.3 Å². The maximum atomic E-state index is 12.5. The number of ether oxygens (including phenoxy) is 1. The summed E-state index contributed by atoms with van der Waals surface area (Å²) in [5.41, 5.74) is 1.23. The van der Waals surface area contributed by atoms with Crippen molar-refractivity contribution in [2.45, 2.75) is 19.6 Å². The largest absolute Gasteiger partial charge is 0.435 e. The van der Waals surface area contributed by atoms with E-state index in [1.807, 2.05) is 36.4 Å². The molecule has 1 atom stereocenters. The Labute approximate surface area is 144 Å². The van der Waals surface area contributed by atoms with E-state index in [1.54, 1.807) is 25.1 Å². The molecule has 0 radical (unpaired) electrons. The number of amides is 1. The SMILES string of the molecule is CC(NC(=O)c1ccc2ccccc2c1)c1cccc(OC(F)F)c1. The van der Waals surface area contributed by atoms with Gasteiger partial charge in [0.05, 0.1) is 6.04 Å². The number of hydrogen-bond donors (Lipinski definition) is 1. The van der Waals surface area contributed by atoms with Gasteiger partial charge in [0.25, 0.3) is 5.91 Å². The lowest BCUT2D eigenvalue weighted by atomic mass is 10.0. The van der Waals surface area contributed by atoms with E-state index in [2.05, 4.69) is 10.1 Å². The van der Waals surface area contributed by atoms with Crippen molar-refractivity contribution >= 4 is 16.7 Å². The number of hydrogen-bond acceptors (Lipinski definition) is 2. The Bertz CT molecular complexity index is 896. The van der Waals surface area contributed by atoms with Gasteiger partial charge in [0.1, 0.15) is 5.75 Å². The molecule has 0 aliphatic heterocycles. The van der Waals surface area contributed by atoms with Crippen LogP contribution < -0.4 is 10.1 Å². The van der Waals surface area contributed by atoms with E-state index >= 15 is 0 Å². The predicted molar refractivity (Wildman–Crippen MR) is 92.9 cm³/mol. The Balaban J connectivity index is 1.75. The number of carbonyl (C=O) groups is 1. The topological polar surface area (TPSA) is 38.3 Å². The predicted octanol–water partition coefficient (Wildman–Crippen LogP) is 4.93. The van der Waals surface area contributed by atoms with Crippen LogP contribution in [0.5, 0.6) is 5.75 Å². The molecular weight excluding hydrogens is 324 g/mol. The molecule has 3 aromatic rings. The van der Waals surface area contributed by atoms with E-state index in [-0.39, 0.29) is 17.7 Å². The highest BCUT2D eigenvalue weighted by Gasteiger charge is 2.13. The Hall–Kier alpha value is -2.95. The minimum absolute atomic E-state index is 0.0688. The fourth-order valence-electron chi connectivity index (χ4n) is 2.65. The lowest BCUT2D eigenvalue weighted by Gasteiger charge is -2.16. The van der Waals surface area contributed by atoms with Gasteiger partial charge in [-0.05, 0) is 47.5 Å². The Morgan fingerprint density at radius 2 is 1.72 bits per heavy atom. The zero-order chi connectivity index (χ0) is 17.8. The molecule has 1 N–H and O–H groups in total. The first-order chi connectivity index (χ1) is 12.0. The lowest BCUT2D eigenvalue weighted by Crippen LogP contribution is -2.26. The molecule has 1 amide bonds. The van der Waals surface area contributed by atoms with Crippen LogP contribution in [-0.4, -0.2) is 12.5 Å². The van der Waals surface area contributed by atoms with Gasteiger partial charge in [-0.15, -0.1) is 0 Å². The maximum absolute atomic E-state index is 12.5. The van der Waals surface area contributed by atoms with Crippen molar-refractivity contribution in [2.75, 3.05) is 0 Å². The first kappa shape index (κ1) is 16.9. The number of nitrogens with one attached hydrogen (secondary N) is 1. The van der Waals surface area contributed by atoms with E-state index in [9.17, 15) is 13.6 Å². The summed E-state index contributed by atoms with van der Waals surface area (Å²) in [4.78, 5) is 12.5. The summed E-state index contributed by atoms with van der Waals surface area (Å²) < 4.78 is 29.0. The monoisotopic (exact) mass is 341 g/mol. The maximum Gasteiger partial charge on any atom is 0.387 e. The normalized spacial score (nSPS) is 12.2. The molecule has 0 aromatic heterocycles. The molecule has 3 aromatic carbocycles. The average molecular weight is 341 g/mol. The Kier molecular flexibility index (Phi) is 4.93. The first-order valence-corrected chi connectivity index (χ1v) is 7.87. The van der Waals surface area contributed by atoms with Gasteiger partial charge in [0, 0.05) is 5.56 Å². The molecule has 0 heterocycles. The summed E-state index contributed by atoms with van der Waals surface area (Å²) in [7, 11) is 0. The van der Waals surface area contributed by atoms with Crippen molar-refractivity contribution in [1.82, 2.24) is 5.32 Å². The lowest BCUT2D eigenvalue weighted by molar-refractivity contribution is -0.0499. The highest BCUT2D eigenvalue weighted by atomic mass is 19.3. The molecule has 128 valence electrons. The summed E-state index contributed by atoms with van der Waals surface area (Å²) in [6.45, 7) is -1.08. The van der Waals surface area contributed by atoms with E-state index < -0.39 is 6.61 Å². The van der Waals surface area contributed by atoms with Crippen molar-refractivity contribution in [2.24, 2.45) is 0 Å². The summed E-state index contributed by atoms with van der Waals surface area (Å²) in [6.07, 6.45) is 0. The van der Waals surface area contributed by atoms with Crippen molar-refractivity contribution in [3.05, 3.63) is 77.9 Å². The number of rotatable bonds is 5. The standard InChI is InChI=1S/C20H17F2NO2/c1-13(15-7-4-8-18(12-15)25-20(21)22)23-19(24)17-10-9-14-5-2-3-6-16(14)11-17/h2-13,20H,1H3,(H,23,24). The molecule has 0 fully saturated rings. The molecule has 0 aliphatic carbocycles. The van der Waals surface area contributed by atoms with E-state index in [0.29, 0.717) is 11.1 Å². The van der Waals surface area contributed by atoms with Crippen LogP contribution in [0.25, 0.3) is 10.8 Å². The molecule has 5 heteroatoms. The zero-order valence-corrected chi connectivity index (χ0v) is 13.6. The van der Waals surface area contributed by atoms with Gasteiger partial charge < -0.3 is 10.1 Å². The molecule has 25 heavy (non-hydrogen) atoms. The Morgan fingerprint density at radius 1 is 0.960 bits per heavy atom. The molecular formula is C20H17F2NO2. The molecule has 0 aliphatic rings. The average Bonchev–Trinajstić information content (AvgIpc) is 2.61. The van der Waals surface area contributed by atoms with Gasteiger partial charge in [0.15, 0.2) is 0 Å². The van der Waals surface area contributed by atoms with Gasteiger partial charge in [0.2, 0.25) is 0 Å². The number of alkyl halides is 2. The Morgan fingerprint density at radius 3 is 2.48 bits per heavy atom. The van der Waals surface area contributed by atoms with Crippen LogP contribution in [0, 0.1) is 0 Å². The molecule has 1 unspecified atom stereocenters.